The van der Waals surface area contributed by atoms with Crippen LogP contribution in [0.4, 0.5) is 0 Å². The summed E-state index contributed by atoms with van der Waals surface area (Å²) in [5, 5.41) is 0. The summed E-state index contributed by atoms with van der Waals surface area (Å²) in [6.45, 7) is 4.60. The van der Waals surface area contributed by atoms with Gasteiger partial charge in [-0.3, -0.25) is 0 Å². The van der Waals surface area contributed by atoms with Crippen molar-refractivity contribution < 1.29 is 4.79 Å². The second-order valence-corrected chi connectivity index (χ2v) is 5.10. The first-order valence-corrected chi connectivity index (χ1v) is 5.69. The maximum absolute atomic E-state index is 10.5. The highest BCUT2D eigenvalue weighted by Crippen LogP contribution is 2.37. The highest BCUT2D eigenvalue weighted by Gasteiger charge is 2.27. The molecule has 0 unspecified atom stereocenters. The second kappa shape index (κ2) is 3.80. The first-order valence-electron chi connectivity index (χ1n) is 5.69. The molecule has 1 aromatic rings. The molecule has 0 atom stereocenters. The molecular formula is C14H18O. The van der Waals surface area contributed by atoms with Crippen molar-refractivity contribution >= 4 is 6.29 Å². The zero-order valence-corrected chi connectivity index (χ0v) is 9.55. The number of benzene rings is 1. The molecule has 0 heterocycles. The first kappa shape index (κ1) is 10.4. The highest BCUT2D eigenvalue weighted by atomic mass is 16.1. The summed E-state index contributed by atoms with van der Waals surface area (Å²) in [6, 6.07) is 6.52. The quantitative estimate of drug-likeness (QED) is 0.674. The van der Waals surface area contributed by atoms with E-state index in [1.54, 1.807) is 0 Å². The van der Waals surface area contributed by atoms with Gasteiger partial charge in [0.05, 0.1) is 0 Å². The summed E-state index contributed by atoms with van der Waals surface area (Å²) in [7, 11) is 0. The monoisotopic (exact) mass is 202 g/mol. The fraction of sp³-hybridized carbons (Fsp3) is 0.500. The highest BCUT2D eigenvalue weighted by molar-refractivity contribution is 5.56. The van der Waals surface area contributed by atoms with Crippen molar-refractivity contribution in [2.45, 2.75) is 44.9 Å². The molecule has 1 aromatic carbocycles. The Morgan fingerprint density at radius 2 is 2.20 bits per heavy atom. The van der Waals surface area contributed by atoms with Gasteiger partial charge in [-0.15, -0.1) is 0 Å². The van der Waals surface area contributed by atoms with Gasteiger partial charge in [-0.1, -0.05) is 32.0 Å². The summed E-state index contributed by atoms with van der Waals surface area (Å²) in [4.78, 5) is 10.5. The molecule has 0 saturated carbocycles. The topological polar surface area (TPSA) is 17.1 Å². The summed E-state index contributed by atoms with van der Waals surface area (Å²) in [6.07, 6.45) is 5.26. The molecule has 0 saturated heterocycles. The van der Waals surface area contributed by atoms with Crippen LogP contribution in [0.2, 0.25) is 0 Å². The van der Waals surface area contributed by atoms with Gasteiger partial charge < -0.3 is 4.79 Å². The Kier molecular flexibility index (Phi) is 2.64. The maximum Gasteiger partial charge on any atom is 0.124 e. The second-order valence-electron chi connectivity index (χ2n) is 5.10. The van der Waals surface area contributed by atoms with Gasteiger partial charge in [-0.05, 0) is 41.4 Å². The van der Waals surface area contributed by atoms with Gasteiger partial charge in [0, 0.05) is 6.42 Å². The molecule has 0 bridgehead atoms. The van der Waals surface area contributed by atoms with E-state index in [0.29, 0.717) is 6.42 Å². The van der Waals surface area contributed by atoms with E-state index in [9.17, 15) is 4.79 Å². The van der Waals surface area contributed by atoms with E-state index >= 15 is 0 Å². The van der Waals surface area contributed by atoms with Crippen LogP contribution < -0.4 is 0 Å². The zero-order chi connectivity index (χ0) is 10.9. The van der Waals surface area contributed by atoms with Gasteiger partial charge in [0.2, 0.25) is 0 Å². The summed E-state index contributed by atoms with van der Waals surface area (Å²) >= 11 is 0. The molecule has 0 amide bonds. The smallest absolute Gasteiger partial charge is 0.124 e. The number of carbonyl (C=O) groups is 1. The predicted molar refractivity (Wildman–Crippen MR) is 62.2 cm³/mol. The van der Waals surface area contributed by atoms with Crippen molar-refractivity contribution in [3.8, 4) is 0 Å². The van der Waals surface area contributed by atoms with Gasteiger partial charge in [-0.2, -0.15) is 0 Å². The van der Waals surface area contributed by atoms with Crippen molar-refractivity contribution in [3.05, 3.63) is 34.9 Å². The van der Waals surface area contributed by atoms with Gasteiger partial charge in [0.25, 0.3) is 0 Å². The molecule has 15 heavy (non-hydrogen) atoms. The van der Waals surface area contributed by atoms with Gasteiger partial charge in [0.1, 0.15) is 6.29 Å². The lowest BCUT2D eigenvalue weighted by atomic mass is 9.72. The fourth-order valence-corrected chi connectivity index (χ4v) is 2.55. The van der Waals surface area contributed by atoms with Crippen molar-refractivity contribution in [3.63, 3.8) is 0 Å². The van der Waals surface area contributed by atoms with Crippen LogP contribution in [-0.2, 0) is 23.1 Å². The Morgan fingerprint density at radius 3 is 2.93 bits per heavy atom. The number of carbonyl (C=O) groups excluding carboxylic acids is 1. The molecule has 1 aliphatic carbocycles. The lowest BCUT2D eigenvalue weighted by molar-refractivity contribution is -0.107. The SMILES string of the molecule is CC1(C)CCCc2ccc(CC=O)cc21. The molecule has 0 spiro atoms. The average molecular weight is 202 g/mol. The number of aryl methyl sites for hydroxylation is 1. The van der Waals surface area contributed by atoms with Crippen LogP contribution in [-0.4, -0.2) is 6.29 Å². The fourth-order valence-electron chi connectivity index (χ4n) is 2.55. The predicted octanol–water partition coefficient (Wildman–Crippen LogP) is 3.04. The standard InChI is InChI=1S/C14H18O/c1-14(2)8-3-4-12-6-5-11(7-9-15)10-13(12)14/h5-6,9-10H,3-4,7-8H2,1-2H3. The van der Waals surface area contributed by atoms with E-state index in [4.69, 9.17) is 0 Å². The Morgan fingerprint density at radius 1 is 1.40 bits per heavy atom. The largest absolute Gasteiger partial charge is 0.303 e. The van der Waals surface area contributed by atoms with Crippen LogP contribution in [0.3, 0.4) is 0 Å². The third kappa shape index (κ3) is 1.97. The molecule has 0 N–H and O–H groups in total. The van der Waals surface area contributed by atoms with Crippen LogP contribution in [0, 0.1) is 0 Å². The van der Waals surface area contributed by atoms with Gasteiger partial charge in [0.15, 0.2) is 0 Å². The Balaban J connectivity index is 2.43. The minimum Gasteiger partial charge on any atom is -0.303 e. The number of hydrogen-bond acceptors (Lipinski definition) is 1. The molecule has 0 aromatic heterocycles. The Labute approximate surface area is 91.5 Å². The van der Waals surface area contributed by atoms with E-state index in [0.717, 1.165) is 11.8 Å². The van der Waals surface area contributed by atoms with Crippen molar-refractivity contribution in [2.24, 2.45) is 0 Å². The summed E-state index contributed by atoms with van der Waals surface area (Å²) in [5.41, 5.74) is 4.36. The van der Waals surface area contributed by atoms with E-state index in [-0.39, 0.29) is 5.41 Å². The lowest BCUT2D eigenvalue weighted by Gasteiger charge is -2.32. The van der Waals surface area contributed by atoms with Gasteiger partial charge >= 0.3 is 0 Å². The molecule has 2 rings (SSSR count). The Bertz CT molecular complexity index is 377. The van der Waals surface area contributed by atoms with Crippen LogP contribution in [0.25, 0.3) is 0 Å². The molecule has 0 radical (unpaired) electrons. The average Bonchev–Trinajstić information content (AvgIpc) is 2.19. The van der Waals surface area contributed by atoms with Crippen LogP contribution in [0.1, 0.15) is 43.4 Å². The van der Waals surface area contributed by atoms with E-state index < -0.39 is 0 Å². The maximum atomic E-state index is 10.5. The summed E-state index contributed by atoms with van der Waals surface area (Å²) < 4.78 is 0. The van der Waals surface area contributed by atoms with Crippen molar-refractivity contribution in [1.29, 1.82) is 0 Å². The first-order chi connectivity index (χ1) is 7.13. The number of rotatable bonds is 2. The third-order valence-corrected chi connectivity index (χ3v) is 3.47. The zero-order valence-electron chi connectivity index (χ0n) is 9.55. The third-order valence-electron chi connectivity index (χ3n) is 3.47. The normalized spacial score (nSPS) is 18.3. The van der Waals surface area contributed by atoms with Crippen molar-refractivity contribution in [1.82, 2.24) is 0 Å². The molecule has 1 heteroatoms. The minimum atomic E-state index is 0.284. The van der Waals surface area contributed by atoms with Gasteiger partial charge in [-0.25, -0.2) is 0 Å². The molecule has 1 aliphatic rings. The number of aldehydes is 1. The molecular weight excluding hydrogens is 184 g/mol. The number of fused-ring (bicyclic) bond motifs is 1. The van der Waals surface area contributed by atoms with Crippen LogP contribution in [0.15, 0.2) is 18.2 Å². The number of hydrogen-bond donors (Lipinski definition) is 0. The van der Waals surface area contributed by atoms with E-state index in [2.05, 4.69) is 32.0 Å². The lowest BCUT2D eigenvalue weighted by Crippen LogP contribution is -2.23. The van der Waals surface area contributed by atoms with E-state index in [1.807, 2.05) is 0 Å². The molecule has 1 nitrogen and oxygen atoms in total. The summed E-state index contributed by atoms with van der Waals surface area (Å²) in [5.74, 6) is 0. The minimum absolute atomic E-state index is 0.284. The molecule has 80 valence electrons. The van der Waals surface area contributed by atoms with E-state index in [1.165, 1.54) is 30.4 Å². The van der Waals surface area contributed by atoms with Crippen LogP contribution in [0.5, 0.6) is 0 Å². The Hall–Kier alpha value is -1.11. The van der Waals surface area contributed by atoms with Crippen LogP contribution >= 0.6 is 0 Å². The molecule has 0 aliphatic heterocycles. The molecule has 0 fully saturated rings. The van der Waals surface area contributed by atoms with Crippen molar-refractivity contribution in [2.75, 3.05) is 0 Å².